The van der Waals surface area contributed by atoms with Crippen LogP contribution in [0.3, 0.4) is 0 Å². The Kier molecular flexibility index (Phi) is 4.39. The third kappa shape index (κ3) is 3.42. The maximum absolute atomic E-state index is 12.8. The molecule has 5 rings (SSSR count). The number of hydrogen-bond donors (Lipinski definition) is 0. The number of pyridine rings is 1. The van der Waals surface area contributed by atoms with E-state index in [1.807, 2.05) is 54.7 Å². The zero-order valence-corrected chi connectivity index (χ0v) is 16.2. The van der Waals surface area contributed by atoms with Crippen LogP contribution in [-0.2, 0) is 26.1 Å². The summed E-state index contributed by atoms with van der Waals surface area (Å²) in [6.07, 6.45) is 3.54. The van der Waals surface area contributed by atoms with Gasteiger partial charge in [0.1, 0.15) is 5.82 Å². The first-order valence-electron chi connectivity index (χ1n) is 9.99. The van der Waals surface area contributed by atoms with E-state index in [2.05, 4.69) is 15.0 Å². The van der Waals surface area contributed by atoms with Gasteiger partial charge >= 0.3 is 11.1 Å². The largest absolute Gasteiger partial charge is 0.332 e. The molecule has 0 bridgehead atoms. The SMILES string of the molecule is O=c1c(=O)n2c(nn1Cc1ccccc1)C[C@@]1(CCN(Cc3ccccn3)C1)C2. The lowest BCUT2D eigenvalue weighted by atomic mass is 9.86. The van der Waals surface area contributed by atoms with Crippen LogP contribution in [0.2, 0.25) is 0 Å². The molecule has 1 fully saturated rings. The standard InChI is InChI=1S/C22H23N5O2/c28-20-21(29)27(13-17-6-2-1-3-7-17)24-19-12-22(16-26(19)20)9-11-25(15-22)14-18-8-4-5-10-23-18/h1-8,10H,9,11-16H2/t22-/m1/s1. The maximum atomic E-state index is 12.8. The Bertz CT molecular complexity index is 1140. The highest BCUT2D eigenvalue weighted by Gasteiger charge is 2.44. The van der Waals surface area contributed by atoms with Crippen LogP contribution >= 0.6 is 0 Å². The predicted octanol–water partition coefficient (Wildman–Crippen LogP) is 1.30. The summed E-state index contributed by atoms with van der Waals surface area (Å²) in [5.41, 5.74) is 0.996. The summed E-state index contributed by atoms with van der Waals surface area (Å²) in [7, 11) is 0. The minimum absolute atomic E-state index is 0.0215. The van der Waals surface area contributed by atoms with Gasteiger partial charge in [0.05, 0.1) is 12.2 Å². The number of nitrogens with zero attached hydrogens (tertiary/aromatic N) is 5. The molecule has 1 saturated heterocycles. The molecule has 0 amide bonds. The molecule has 1 spiro atoms. The molecular weight excluding hydrogens is 366 g/mol. The van der Waals surface area contributed by atoms with Crippen LogP contribution in [0.15, 0.2) is 64.3 Å². The molecule has 1 aromatic carbocycles. The lowest BCUT2D eigenvalue weighted by molar-refractivity contribution is 0.245. The van der Waals surface area contributed by atoms with Crippen LogP contribution in [0, 0.1) is 5.41 Å². The van der Waals surface area contributed by atoms with Gasteiger partial charge in [-0.2, -0.15) is 5.10 Å². The van der Waals surface area contributed by atoms with Gasteiger partial charge in [0.25, 0.3) is 0 Å². The van der Waals surface area contributed by atoms with Gasteiger partial charge in [-0.25, -0.2) is 4.68 Å². The van der Waals surface area contributed by atoms with Gasteiger partial charge < -0.3 is 0 Å². The predicted molar refractivity (Wildman–Crippen MR) is 109 cm³/mol. The van der Waals surface area contributed by atoms with E-state index in [0.717, 1.165) is 49.6 Å². The number of hydrogen-bond acceptors (Lipinski definition) is 5. The smallest absolute Gasteiger partial charge is 0.297 e. The summed E-state index contributed by atoms with van der Waals surface area (Å²) in [4.78, 5) is 32.1. The number of aromatic nitrogens is 4. The van der Waals surface area contributed by atoms with E-state index in [4.69, 9.17) is 0 Å². The molecule has 0 aliphatic carbocycles. The fourth-order valence-electron chi connectivity index (χ4n) is 4.62. The molecule has 0 N–H and O–H groups in total. The molecule has 2 aromatic heterocycles. The first-order chi connectivity index (χ1) is 14.1. The highest BCUT2D eigenvalue weighted by molar-refractivity contribution is 5.15. The number of benzene rings is 1. The molecule has 2 aliphatic rings. The van der Waals surface area contributed by atoms with Crippen molar-refractivity contribution >= 4 is 0 Å². The van der Waals surface area contributed by atoms with Gasteiger partial charge in [0.15, 0.2) is 0 Å². The number of rotatable bonds is 4. The maximum Gasteiger partial charge on any atom is 0.332 e. The topological polar surface area (TPSA) is 73.0 Å². The molecule has 7 heteroatoms. The van der Waals surface area contributed by atoms with Gasteiger partial charge in [0, 0.05) is 37.7 Å². The molecule has 2 aliphatic heterocycles. The van der Waals surface area contributed by atoms with E-state index in [1.54, 1.807) is 4.57 Å². The molecule has 4 heterocycles. The van der Waals surface area contributed by atoms with Crippen molar-refractivity contribution in [3.63, 3.8) is 0 Å². The third-order valence-corrected chi connectivity index (χ3v) is 6.04. The molecule has 148 valence electrons. The van der Waals surface area contributed by atoms with Crippen molar-refractivity contribution in [3.8, 4) is 0 Å². The molecule has 29 heavy (non-hydrogen) atoms. The fraction of sp³-hybridized carbons (Fsp3) is 0.364. The summed E-state index contributed by atoms with van der Waals surface area (Å²) in [5, 5.41) is 4.57. The van der Waals surface area contributed by atoms with E-state index in [0.29, 0.717) is 13.1 Å². The Labute approximate surface area is 168 Å². The lowest BCUT2D eigenvalue weighted by Crippen LogP contribution is -2.43. The molecule has 0 unspecified atom stereocenters. The van der Waals surface area contributed by atoms with E-state index in [9.17, 15) is 9.59 Å². The first-order valence-corrected chi connectivity index (χ1v) is 9.99. The Morgan fingerprint density at radius 1 is 0.931 bits per heavy atom. The first kappa shape index (κ1) is 18.0. The van der Waals surface area contributed by atoms with Gasteiger partial charge in [-0.15, -0.1) is 0 Å². The zero-order chi connectivity index (χ0) is 19.8. The summed E-state index contributed by atoms with van der Waals surface area (Å²) >= 11 is 0. The van der Waals surface area contributed by atoms with E-state index >= 15 is 0 Å². The monoisotopic (exact) mass is 389 g/mol. The summed E-state index contributed by atoms with van der Waals surface area (Å²) in [5.74, 6) is 0.727. The third-order valence-electron chi connectivity index (χ3n) is 6.04. The Hall–Kier alpha value is -3.06. The van der Waals surface area contributed by atoms with Crippen LogP contribution in [0.5, 0.6) is 0 Å². The van der Waals surface area contributed by atoms with Gasteiger partial charge in [-0.3, -0.25) is 24.0 Å². The van der Waals surface area contributed by atoms with Crippen LogP contribution < -0.4 is 11.1 Å². The normalized spacial score (nSPS) is 21.0. The van der Waals surface area contributed by atoms with Crippen molar-refractivity contribution < 1.29 is 0 Å². The van der Waals surface area contributed by atoms with Crippen LogP contribution in [0.4, 0.5) is 0 Å². The molecular formula is C22H23N5O2. The molecule has 3 aromatic rings. The van der Waals surface area contributed by atoms with Crippen LogP contribution in [0.1, 0.15) is 23.5 Å². The quantitative estimate of drug-likeness (QED) is 0.629. The molecule has 1 atom stereocenters. The summed E-state index contributed by atoms with van der Waals surface area (Å²) in [6, 6.07) is 15.6. The average Bonchev–Trinajstić information content (AvgIpc) is 3.30. The summed E-state index contributed by atoms with van der Waals surface area (Å²) < 4.78 is 2.93. The number of likely N-dealkylation sites (tertiary alicyclic amines) is 1. The molecule has 0 saturated carbocycles. The highest BCUT2D eigenvalue weighted by atomic mass is 16.2. The molecule has 0 radical (unpaired) electrons. The van der Waals surface area contributed by atoms with Gasteiger partial charge in [-0.1, -0.05) is 36.4 Å². The highest BCUT2D eigenvalue weighted by Crippen LogP contribution is 2.39. The Morgan fingerprint density at radius 2 is 1.76 bits per heavy atom. The zero-order valence-electron chi connectivity index (χ0n) is 16.2. The van der Waals surface area contributed by atoms with Crippen molar-refractivity contribution in [1.29, 1.82) is 0 Å². The van der Waals surface area contributed by atoms with Crippen LogP contribution in [0.25, 0.3) is 0 Å². The lowest BCUT2D eigenvalue weighted by Gasteiger charge is -2.22. The van der Waals surface area contributed by atoms with Crippen molar-refractivity contribution in [3.05, 3.63) is 92.5 Å². The van der Waals surface area contributed by atoms with E-state index in [-0.39, 0.29) is 5.41 Å². The van der Waals surface area contributed by atoms with Crippen LogP contribution in [-0.4, -0.2) is 37.3 Å². The van der Waals surface area contributed by atoms with Gasteiger partial charge in [0.2, 0.25) is 0 Å². The van der Waals surface area contributed by atoms with Crippen molar-refractivity contribution in [2.75, 3.05) is 13.1 Å². The van der Waals surface area contributed by atoms with Gasteiger partial charge in [-0.05, 0) is 30.7 Å². The van der Waals surface area contributed by atoms with Crippen molar-refractivity contribution in [2.45, 2.75) is 32.5 Å². The van der Waals surface area contributed by atoms with Crippen molar-refractivity contribution in [1.82, 2.24) is 24.2 Å². The number of fused-ring (bicyclic) bond motifs is 1. The van der Waals surface area contributed by atoms with E-state index < -0.39 is 11.1 Å². The summed E-state index contributed by atoms with van der Waals surface area (Å²) in [6.45, 7) is 3.56. The second kappa shape index (κ2) is 7.08. The average molecular weight is 389 g/mol. The minimum atomic E-state index is -0.544. The molecule has 7 nitrogen and oxygen atoms in total. The Balaban J connectivity index is 1.37. The minimum Gasteiger partial charge on any atom is -0.297 e. The second-order valence-electron chi connectivity index (χ2n) is 8.21. The fourth-order valence-corrected chi connectivity index (χ4v) is 4.62. The van der Waals surface area contributed by atoms with E-state index in [1.165, 1.54) is 4.68 Å². The Morgan fingerprint density at radius 3 is 2.55 bits per heavy atom. The second-order valence-corrected chi connectivity index (χ2v) is 8.21. The van der Waals surface area contributed by atoms with Crippen molar-refractivity contribution in [2.24, 2.45) is 5.41 Å².